The Labute approximate surface area is 141 Å². The van der Waals surface area contributed by atoms with E-state index in [9.17, 15) is 14.5 Å². The molecule has 0 spiro atoms. The SMILES string of the molecule is Cl.Cl.O=[N+]([O-])c1cc([C@H](C2CC2)N2CCNCC2)ccc1F. The third-order valence-corrected chi connectivity index (χ3v) is 4.12. The van der Waals surface area contributed by atoms with Crippen molar-refractivity contribution in [1.29, 1.82) is 0 Å². The van der Waals surface area contributed by atoms with E-state index in [0.29, 0.717) is 5.92 Å². The molecule has 1 atom stereocenters. The van der Waals surface area contributed by atoms with Crippen LogP contribution in [0.15, 0.2) is 18.2 Å². The average Bonchev–Trinajstić information content (AvgIpc) is 3.26. The van der Waals surface area contributed by atoms with Crippen LogP contribution in [0.5, 0.6) is 0 Å². The molecule has 1 saturated carbocycles. The summed E-state index contributed by atoms with van der Waals surface area (Å²) in [6.07, 6.45) is 2.31. The van der Waals surface area contributed by atoms with Crippen molar-refractivity contribution in [3.8, 4) is 0 Å². The van der Waals surface area contributed by atoms with Crippen LogP contribution in [0.3, 0.4) is 0 Å². The molecule has 3 rings (SSSR count). The lowest BCUT2D eigenvalue weighted by Crippen LogP contribution is -2.45. The summed E-state index contributed by atoms with van der Waals surface area (Å²) in [6, 6.07) is 4.54. The van der Waals surface area contributed by atoms with Crippen molar-refractivity contribution < 1.29 is 9.31 Å². The molecule has 1 heterocycles. The standard InChI is InChI=1S/C14H18FN3O2.2ClH/c15-12-4-3-11(9-13(12)18(19)20)14(10-1-2-10)17-7-5-16-6-8-17;;/h3-4,9-10,14,16H,1-2,5-8H2;2*1H/t14-;;/m0../s1. The smallest absolute Gasteiger partial charge is 0.305 e. The van der Waals surface area contributed by atoms with Gasteiger partial charge in [-0.3, -0.25) is 15.0 Å². The predicted octanol–water partition coefficient (Wildman–Crippen LogP) is 2.93. The van der Waals surface area contributed by atoms with Crippen molar-refractivity contribution in [3.63, 3.8) is 0 Å². The molecule has 0 bridgehead atoms. The van der Waals surface area contributed by atoms with Crippen LogP contribution in [-0.2, 0) is 0 Å². The maximum atomic E-state index is 13.5. The molecule has 1 aromatic rings. The molecule has 124 valence electrons. The number of hydrogen-bond acceptors (Lipinski definition) is 4. The molecule has 1 aliphatic heterocycles. The molecule has 22 heavy (non-hydrogen) atoms. The van der Waals surface area contributed by atoms with Gasteiger partial charge >= 0.3 is 5.69 Å². The van der Waals surface area contributed by atoms with Crippen LogP contribution < -0.4 is 5.32 Å². The summed E-state index contributed by atoms with van der Waals surface area (Å²) in [7, 11) is 0. The van der Waals surface area contributed by atoms with Gasteiger partial charge in [-0.25, -0.2) is 0 Å². The zero-order chi connectivity index (χ0) is 14.1. The zero-order valence-electron chi connectivity index (χ0n) is 12.0. The van der Waals surface area contributed by atoms with Gasteiger partial charge in [-0.15, -0.1) is 24.8 Å². The molecule has 1 aliphatic carbocycles. The van der Waals surface area contributed by atoms with E-state index in [2.05, 4.69) is 10.2 Å². The number of nitrogens with zero attached hydrogens (tertiary/aromatic N) is 2. The monoisotopic (exact) mass is 351 g/mol. The van der Waals surface area contributed by atoms with E-state index in [4.69, 9.17) is 0 Å². The number of benzene rings is 1. The van der Waals surface area contributed by atoms with E-state index in [1.54, 1.807) is 6.07 Å². The Bertz CT molecular complexity index is 523. The Morgan fingerprint density at radius 2 is 1.91 bits per heavy atom. The summed E-state index contributed by atoms with van der Waals surface area (Å²) in [5.41, 5.74) is 0.464. The van der Waals surface area contributed by atoms with Gasteiger partial charge in [0.15, 0.2) is 0 Å². The zero-order valence-corrected chi connectivity index (χ0v) is 13.7. The number of nitrogens with one attached hydrogen (secondary N) is 1. The lowest BCUT2D eigenvalue weighted by molar-refractivity contribution is -0.387. The van der Waals surface area contributed by atoms with Crippen molar-refractivity contribution in [2.24, 2.45) is 5.92 Å². The minimum absolute atomic E-state index is 0. The van der Waals surface area contributed by atoms with Gasteiger partial charge in [0.05, 0.1) is 4.92 Å². The van der Waals surface area contributed by atoms with E-state index in [-0.39, 0.29) is 30.9 Å². The van der Waals surface area contributed by atoms with E-state index in [1.807, 2.05) is 0 Å². The van der Waals surface area contributed by atoms with Crippen LogP contribution in [-0.4, -0.2) is 36.0 Å². The summed E-state index contributed by atoms with van der Waals surface area (Å²) >= 11 is 0. The van der Waals surface area contributed by atoms with Crippen molar-refractivity contribution in [1.82, 2.24) is 10.2 Å². The fraction of sp³-hybridized carbons (Fsp3) is 0.571. The third-order valence-electron chi connectivity index (χ3n) is 4.12. The maximum absolute atomic E-state index is 13.5. The first-order valence-electron chi connectivity index (χ1n) is 7.05. The Balaban J connectivity index is 0.00000121. The number of nitro benzene ring substituents is 1. The topological polar surface area (TPSA) is 58.4 Å². The average molecular weight is 352 g/mol. The van der Waals surface area contributed by atoms with Gasteiger partial charge in [-0.2, -0.15) is 4.39 Å². The van der Waals surface area contributed by atoms with Gasteiger partial charge in [-0.05, 0) is 30.4 Å². The van der Waals surface area contributed by atoms with E-state index < -0.39 is 16.4 Å². The van der Waals surface area contributed by atoms with Gasteiger partial charge in [0.1, 0.15) is 0 Å². The highest BCUT2D eigenvalue weighted by Crippen LogP contribution is 2.45. The lowest BCUT2D eigenvalue weighted by atomic mass is 9.99. The van der Waals surface area contributed by atoms with Crippen LogP contribution >= 0.6 is 24.8 Å². The first-order chi connectivity index (χ1) is 9.66. The molecule has 2 aliphatic rings. The first-order valence-corrected chi connectivity index (χ1v) is 7.05. The van der Waals surface area contributed by atoms with Gasteiger partial charge < -0.3 is 5.32 Å². The molecular formula is C14H20Cl2FN3O2. The highest BCUT2D eigenvalue weighted by molar-refractivity contribution is 5.85. The summed E-state index contributed by atoms with van der Waals surface area (Å²) in [4.78, 5) is 12.6. The van der Waals surface area contributed by atoms with Gasteiger partial charge in [0.25, 0.3) is 0 Å². The van der Waals surface area contributed by atoms with E-state index in [0.717, 1.165) is 44.6 Å². The highest BCUT2D eigenvalue weighted by Gasteiger charge is 2.37. The predicted molar refractivity (Wildman–Crippen MR) is 87.5 cm³/mol. The molecule has 1 aromatic carbocycles. The van der Waals surface area contributed by atoms with E-state index >= 15 is 0 Å². The van der Waals surface area contributed by atoms with Crippen LogP contribution in [0.4, 0.5) is 10.1 Å². The Morgan fingerprint density at radius 3 is 2.45 bits per heavy atom. The molecule has 1 saturated heterocycles. The van der Waals surface area contributed by atoms with Gasteiger partial charge in [0, 0.05) is 38.3 Å². The Kier molecular flexibility index (Phi) is 6.99. The number of piperazine rings is 1. The van der Waals surface area contributed by atoms with Crippen LogP contribution in [0.25, 0.3) is 0 Å². The van der Waals surface area contributed by atoms with Gasteiger partial charge in [-0.1, -0.05) is 6.07 Å². The Morgan fingerprint density at radius 1 is 1.27 bits per heavy atom. The molecule has 0 aromatic heterocycles. The molecule has 5 nitrogen and oxygen atoms in total. The Hall–Kier alpha value is -0.950. The number of rotatable bonds is 4. The molecule has 0 unspecified atom stereocenters. The van der Waals surface area contributed by atoms with Crippen LogP contribution in [0.1, 0.15) is 24.4 Å². The second-order valence-electron chi connectivity index (χ2n) is 5.54. The minimum Gasteiger partial charge on any atom is -0.314 e. The third kappa shape index (κ3) is 4.07. The minimum atomic E-state index is -0.756. The maximum Gasteiger partial charge on any atom is 0.305 e. The summed E-state index contributed by atoms with van der Waals surface area (Å²) in [5.74, 6) is -0.202. The number of nitro groups is 1. The molecule has 0 amide bonds. The quantitative estimate of drug-likeness (QED) is 0.669. The highest BCUT2D eigenvalue weighted by atomic mass is 35.5. The fourth-order valence-electron chi connectivity index (χ4n) is 3.01. The first kappa shape index (κ1) is 19.1. The summed E-state index contributed by atoms with van der Waals surface area (Å²) in [5, 5.41) is 14.2. The van der Waals surface area contributed by atoms with Crippen LogP contribution in [0, 0.1) is 21.8 Å². The fourth-order valence-corrected chi connectivity index (χ4v) is 3.01. The van der Waals surface area contributed by atoms with Crippen molar-refractivity contribution in [2.75, 3.05) is 26.2 Å². The number of halogens is 3. The normalized spacial score (nSPS) is 19.7. The van der Waals surface area contributed by atoms with Crippen molar-refractivity contribution >= 4 is 30.5 Å². The second kappa shape index (κ2) is 8.06. The van der Waals surface area contributed by atoms with Crippen LogP contribution in [0.2, 0.25) is 0 Å². The molecule has 1 N–H and O–H groups in total. The van der Waals surface area contributed by atoms with Crippen molar-refractivity contribution in [3.05, 3.63) is 39.7 Å². The molecule has 2 fully saturated rings. The largest absolute Gasteiger partial charge is 0.314 e. The van der Waals surface area contributed by atoms with Crippen molar-refractivity contribution in [2.45, 2.75) is 18.9 Å². The summed E-state index contributed by atoms with van der Waals surface area (Å²) < 4.78 is 13.5. The molecular weight excluding hydrogens is 332 g/mol. The summed E-state index contributed by atoms with van der Waals surface area (Å²) in [6.45, 7) is 3.75. The molecule has 8 heteroatoms. The second-order valence-corrected chi connectivity index (χ2v) is 5.54. The van der Waals surface area contributed by atoms with Gasteiger partial charge in [0.2, 0.25) is 5.82 Å². The van der Waals surface area contributed by atoms with E-state index in [1.165, 1.54) is 12.1 Å². The lowest BCUT2D eigenvalue weighted by Gasteiger charge is -2.35. The molecule has 0 radical (unpaired) electrons. The number of hydrogen-bond donors (Lipinski definition) is 1.